The van der Waals surface area contributed by atoms with Crippen molar-refractivity contribution in [3.05, 3.63) is 21.9 Å². The molecule has 1 amide bonds. The first-order valence-corrected chi connectivity index (χ1v) is 8.18. The Morgan fingerprint density at radius 2 is 2.25 bits per heavy atom. The molecule has 0 spiro atoms. The molecule has 20 heavy (non-hydrogen) atoms. The number of fused-ring (bicyclic) bond motifs is 1. The molecular weight excluding hydrogens is 342 g/mol. The highest BCUT2D eigenvalue weighted by Crippen LogP contribution is 2.33. The quantitative estimate of drug-likeness (QED) is 0.797. The van der Waals surface area contributed by atoms with E-state index in [4.69, 9.17) is 11.6 Å². The van der Waals surface area contributed by atoms with E-state index in [1.165, 1.54) is 25.7 Å². The zero-order chi connectivity index (χ0) is 14.1. The normalized spacial score (nSPS) is 29.0. The van der Waals surface area contributed by atoms with E-state index in [9.17, 15) is 4.79 Å². The lowest BCUT2D eigenvalue weighted by atomic mass is 9.85. The van der Waals surface area contributed by atoms with Crippen LogP contribution in [0.4, 0.5) is 5.69 Å². The zero-order valence-corrected chi connectivity index (χ0v) is 13.4. The second kappa shape index (κ2) is 6.00. The monoisotopic (exact) mass is 357 g/mol. The van der Waals surface area contributed by atoms with Gasteiger partial charge in [-0.3, -0.25) is 4.79 Å². The molecular formula is C14H17BrClN3O. The third kappa shape index (κ3) is 3.00. The molecule has 2 aliphatic rings. The van der Waals surface area contributed by atoms with Gasteiger partial charge in [-0.2, -0.15) is 0 Å². The Labute approximate surface area is 131 Å². The summed E-state index contributed by atoms with van der Waals surface area (Å²) in [6, 6.07) is 2.17. The maximum absolute atomic E-state index is 12.3. The highest BCUT2D eigenvalue weighted by atomic mass is 79.9. The number of amides is 1. The first-order chi connectivity index (χ1) is 9.63. The Morgan fingerprint density at radius 3 is 3.05 bits per heavy atom. The predicted octanol–water partition coefficient (Wildman–Crippen LogP) is 3.36. The van der Waals surface area contributed by atoms with Crippen LogP contribution in [0.5, 0.6) is 0 Å². The van der Waals surface area contributed by atoms with Gasteiger partial charge in [0.15, 0.2) is 5.15 Å². The topological polar surface area (TPSA) is 54.0 Å². The number of pyridine rings is 1. The summed E-state index contributed by atoms with van der Waals surface area (Å²) in [4.78, 5) is 16.4. The number of carbonyl (C=O) groups is 1. The summed E-state index contributed by atoms with van der Waals surface area (Å²) in [6.07, 6.45) is 7.52. The fourth-order valence-corrected chi connectivity index (χ4v) is 3.73. The summed E-state index contributed by atoms with van der Waals surface area (Å²) in [5, 5.41) is 6.65. The van der Waals surface area contributed by atoms with E-state index in [1.54, 1.807) is 12.3 Å². The molecule has 1 saturated heterocycles. The molecule has 1 aliphatic heterocycles. The van der Waals surface area contributed by atoms with Gasteiger partial charge in [0.1, 0.15) is 0 Å². The third-order valence-electron chi connectivity index (χ3n) is 4.24. The van der Waals surface area contributed by atoms with Crippen LogP contribution >= 0.6 is 27.5 Å². The molecule has 1 saturated carbocycles. The number of rotatable bonds is 2. The fourth-order valence-electron chi connectivity index (χ4n) is 3.25. The Kier molecular flexibility index (Phi) is 4.29. The summed E-state index contributed by atoms with van der Waals surface area (Å²) in [5.41, 5.74) is 0.558. The van der Waals surface area contributed by atoms with Gasteiger partial charge in [0, 0.05) is 16.7 Å². The van der Waals surface area contributed by atoms with Crippen LogP contribution in [0.15, 0.2) is 16.7 Å². The zero-order valence-electron chi connectivity index (χ0n) is 11.0. The van der Waals surface area contributed by atoms with E-state index in [2.05, 4.69) is 31.5 Å². The Hall–Kier alpha value is -0.650. The van der Waals surface area contributed by atoms with Crippen LogP contribution < -0.4 is 10.6 Å². The first-order valence-electron chi connectivity index (χ1n) is 7.01. The average Bonchev–Trinajstić information content (AvgIpc) is 2.87. The fraction of sp³-hybridized carbons (Fsp3) is 0.571. The summed E-state index contributed by atoms with van der Waals surface area (Å²) < 4.78 is 0.797. The molecule has 1 aliphatic carbocycles. The van der Waals surface area contributed by atoms with Gasteiger partial charge in [0.2, 0.25) is 5.91 Å². The molecule has 2 N–H and O–H groups in total. The number of nitrogens with one attached hydrogen (secondary N) is 2. The average molecular weight is 359 g/mol. The molecule has 2 heterocycles. The minimum absolute atomic E-state index is 0.0128. The van der Waals surface area contributed by atoms with Crippen LogP contribution in [-0.2, 0) is 4.79 Å². The van der Waals surface area contributed by atoms with Crippen LogP contribution in [-0.4, -0.2) is 23.0 Å². The van der Waals surface area contributed by atoms with Crippen molar-refractivity contribution in [1.82, 2.24) is 10.3 Å². The second-order valence-electron chi connectivity index (χ2n) is 5.59. The van der Waals surface area contributed by atoms with Crippen LogP contribution in [0.25, 0.3) is 0 Å². The van der Waals surface area contributed by atoms with Crippen molar-refractivity contribution >= 4 is 39.1 Å². The van der Waals surface area contributed by atoms with Crippen molar-refractivity contribution in [1.29, 1.82) is 0 Å². The molecule has 1 aromatic rings. The maximum atomic E-state index is 12.3. The number of anilines is 1. The van der Waals surface area contributed by atoms with Crippen molar-refractivity contribution in [3.63, 3.8) is 0 Å². The molecule has 3 rings (SSSR count). The first kappa shape index (κ1) is 14.3. The van der Waals surface area contributed by atoms with Crippen molar-refractivity contribution in [2.45, 2.75) is 44.2 Å². The van der Waals surface area contributed by atoms with E-state index in [0.717, 1.165) is 10.9 Å². The minimum Gasteiger partial charge on any atom is -0.322 e. The third-order valence-corrected chi connectivity index (χ3v) is 4.98. The van der Waals surface area contributed by atoms with Crippen molar-refractivity contribution < 1.29 is 4.79 Å². The van der Waals surface area contributed by atoms with Crippen molar-refractivity contribution in [2.24, 2.45) is 5.92 Å². The standard InChI is InChI=1S/C14H17BrClN3O/c15-9-6-11(13(16)17-7-9)19-14(20)12-5-8-3-1-2-4-10(8)18-12/h6-8,10,12,18H,1-5H2,(H,19,20). The summed E-state index contributed by atoms with van der Waals surface area (Å²) in [5.74, 6) is 0.636. The summed E-state index contributed by atoms with van der Waals surface area (Å²) in [6.45, 7) is 0. The second-order valence-corrected chi connectivity index (χ2v) is 6.86. The lowest BCUT2D eigenvalue weighted by Crippen LogP contribution is -2.39. The largest absolute Gasteiger partial charge is 0.322 e. The Balaban J connectivity index is 1.66. The number of halogens is 2. The van der Waals surface area contributed by atoms with Gasteiger partial charge >= 0.3 is 0 Å². The lowest BCUT2D eigenvalue weighted by molar-refractivity contribution is -0.117. The SMILES string of the molecule is O=C(Nc1cc(Br)cnc1Cl)C1CC2CCCCC2N1. The molecule has 0 bridgehead atoms. The molecule has 6 heteroatoms. The number of hydrogen-bond acceptors (Lipinski definition) is 3. The summed E-state index contributed by atoms with van der Waals surface area (Å²) in [7, 11) is 0. The number of carbonyl (C=O) groups excluding carboxylic acids is 1. The van der Waals surface area contributed by atoms with Gasteiger partial charge in [-0.1, -0.05) is 24.4 Å². The van der Waals surface area contributed by atoms with Gasteiger partial charge in [-0.05, 0) is 47.2 Å². The molecule has 4 nitrogen and oxygen atoms in total. The number of aromatic nitrogens is 1. The van der Waals surface area contributed by atoms with Gasteiger partial charge < -0.3 is 10.6 Å². The highest BCUT2D eigenvalue weighted by Gasteiger charge is 2.38. The van der Waals surface area contributed by atoms with Gasteiger partial charge in [-0.25, -0.2) is 4.98 Å². The maximum Gasteiger partial charge on any atom is 0.241 e. The van der Waals surface area contributed by atoms with E-state index in [-0.39, 0.29) is 11.9 Å². The van der Waals surface area contributed by atoms with E-state index < -0.39 is 0 Å². The predicted molar refractivity (Wildman–Crippen MR) is 82.9 cm³/mol. The van der Waals surface area contributed by atoms with Gasteiger partial charge in [-0.15, -0.1) is 0 Å². The van der Waals surface area contributed by atoms with Crippen LogP contribution in [0.3, 0.4) is 0 Å². The Bertz CT molecular complexity index is 511. The van der Waals surface area contributed by atoms with Crippen molar-refractivity contribution in [2.75, 3.05) is 5.32 Å². The minimum atomic E-state index is -0.113. The summed E-state index contributed by atoms with van der Waals surface area (Å²) >= 11 is 9.33. The van der Waals surface area contributed by atoms with E-state index >= 15 is 0 Å². The number of nitrogens with zero attached hydrogens (tertiary/aromatic N) is 1. The molecule has 0 radical (unpaired) electrons. The van der Waals surface area contributed by atoms with Gasteiger partial charge in [0.25, 0.3) is 0 Å². The molecule has 3 unspecified atom stereocenters. The van der Waals surface area contributed by atoms with Crippen LogP contribution in [0, 0.1) is 5.92 Å². The molecule has 3 atom stereocenters. The van der Waals surface area contributed by atoms with Gasteiger partial charge in [0.05, 0.1) is 11.7 Å². The van der Waals surface area contributed by atoms with E-state index in [0.29, 0.717) is 22.8 Å². The van der Waals surface area contributed by atoms with E-state index in [1.807, 2.05) is 0 Å². The number of hydrogen-bond donors (Lipinski definition) is 2. The van der Waals surface area contributed by atoms with Crippen LogP contribution in [0.1, 0.15) is 32.1 Å². The lowest BCUT2D eigenvalue weighted by Gasteiger charge is -2.24. The van der Waals surface area contributed by atoms with Crippen molar-refractivity contribution in [3.8, 4) is 0 Å². The Morgan fingerprint density at radius 1 is 1.45 bits per heavy atom. The molecule has 1 aromatic heterocycles. The molecule has 108 valence electrons. The smallest absolute Gasteiger partial charge is 0.241 e. The molecule has 2 fully saturated rings. The highest BCUT2D eigenvalue weighted by molar-refractivity contribution is 9.10. The molecule has 0 aromatic carbocycles. The van der Waals surface area contributed by atoms with Crippen LogP contribution in [0.2, 0.25) is 5.15 Å².